The first kappa shape index (κ1) is 16.7. The molecular formula is C23H25N3O. The fraction of sp³-hybridized carbons (Fsp3) is 0.391. The van der Waals surface area contributed by atoms with Gasteiger partial charge in [-0.1, -0.05) is 65.3 Å². The maximum Gasteiger partial charge on any atom is 0.232 e. The van der Waals surface area contributed by atoms with Crippen LogP contribution in [0.5, 0.6) is 0 Å². The van der Waals surface area contributed by atoms with E-state index in [1.165, 1.54) is 24.0 Å². The third-order valence-corrected chi connectivity index (χ3v) is 6.53. The van der Waals surface area contributed by atoms with Gasteiger partial charge in [0.25, 0.3) is 0 Å². The SMILES string of the molecule is Cc1ccc([C@@H]2C[C@H]3CC[C@H]([C@@H]2c2nc(-c4ccccc4)no2)N3C)cc1. The van der Waals surface area contributed by atoms with E-state index in [1.807, 2.05) is 30.3 Å². The molecule has 0 aliphatic carbocycles. The quantitative estimate of drug-likeness (QED) is 0.675. The van der Waals surface area contributed by atoms with E-state index in [4.69, 9.17) is 9.51 Å². The summed E-state index contributed by atoms with van der Waals surface area (Å²) in [4.78, 5) is 7.39. The number of likely N-dealkylation sites (N-methyl/N-ethyl adjacent to an activating group) is 1. The van der Waals surface area contributed by atoms with Gasteiger partial charge < -0.3 is 4.52 Å². The highest BCUT2D eigenvalue weighted by atomic mass is 16.5. The van der Waals surface area contributed by atoms with Crippen molar-refractivity contribution < 1.29 is 4.52 Å². The maximum absolute atomic E-state index is 5.85. The van der Waals surface area contributed by atoms with E-state index < -0.39 is 0 Å². The number of piperidine rings is 1. The van der Waals surface area contributed by atoms with Crippen LogP contribution in [0.25, 0.3) is 11.4 Å². The number of nitrogens with zero attached hydrogens (tertiary/aromatic N) is 3. The molecule has 2 bridgehead atoms. The summed E-state index contributed by atoms with van der Waals surface area (Å²) in [5.74, 6) is 2.16. The van der Waals surface area contributed by atoms with Crippen LogP contribution in [0, 0.1) is 6.92 Å². The van der Waals surface area contributed by atoms with Crippen LogP contribution < -0.4 is 0 Å². The number of aryl methyl sites for hydroxylation is 1. The highest BCUT2D eigenvalue weighted by molar-refractivity contribution is 5.53. The molecule has 3 aromatic rings. The summed E-state index contributed by atoms with van der Waals surface area (Å²) in [7, 11) is 2.26. The number of hydrogen-bond acceptors (Lipinski definition) is 4. The van der Waals surface area contributed by atoms with E-state index in [1.54, 1.807) is 0 Å². The lowest BCUT2D eigenvalue weighted by atomic mass is 9.76. The van der Waals surface area contributed by atoms with E-state index in [9.17, 15) is 0 Å². The van der Waals surface area contributed by atoms with Crippen molar-refractivity contribution in [3.63, 3.8) is 0 Å². The average Bonchev–Trinajstić information content (AvgIpc) is 3.26. The van der Waals surface area contributed by atoms with Crippen LogP contribution in [0.4, 0.5) is 0 Å². The fourth-order valence-corrected chi connectivity index (χ4v) is 5.03. The van der Waals surface area contributed by atoms with Crippen LogP contribution in [-0.2, 0) is 0 Å². The largest absolute Gasteiger partial charge is 0.339 e. The zero-order valence-electron chi connectivity index (χ0n) is 15.9. The Kier molecular flexibility index (Phi) is 4.09. The van der Waals surface area contributed by atoms with E-state index in [0.717, 1.165) is 17.9 Å². The predicted octanol–water partition coefficient (Wildman–Crippen LogP) is 4.78. The van der Waals surface area contributed by atoms with Crippen molar-refractivity contribution >= 4 is 0 Å². The van der Waals surface area contributed by atoms with E-state index >= 15 is 0 Å². The molecule has 2 aliphatic heterocycles. The predicted molar refractivity (Wildman–Crippen MR) is 106 cm³/mol. The minimum Gasteiger partial charge on any atom is -0.339 e. The van der Waals surface area contributed by atoms with Crippen LogP contribution in [0.3, 0.4) is 0 Å². The Bertz CT molecular complexity index is 918. The summed E-state index contributed by atoms with van der Waals surface area (Å²) < 4.78 is 5.85. The summed E-state index contributed by atoms with van der Waals surface area (Å²) in [5.41, 5.74) is 3.71. The Morgan fingerprint density at radius 3 is 2.56 bits per heavy atom. The van der Waals surface area contributed by atoms with E-state index in [2.05, 4.69) is 48.3 Å². The normalized spacial score (nSPS) is 27.8. The van der Waals surface area contributed by atoms with Crippen molar-refractivity contribution in [2.45, 2.75) is 50.1 Å². The molecule has 4 atom stereocenters. The molecule has 2 aliphatic rings. The lowest BCUT2D eigenvalue weighted by Gasteiger charge is -2.41. The topological polar surface area (TPSA) is 42.2 Å². The molecule has 1 aromatic heterocycles. The van der Waals surface area contributed by atoms with E-state index in [-0.39, 0.29) is 5.92 Å². The van der Waals surface area contributed by atoms with Gasteiger partial charge in [-0.3, -0.25) is 4.90 Å². The molecule has 0 amide bonds. The molecule has 27 heavy (non-hydrogen) atoms. The Hall–Kier alpha value is -2.46. The van der Waals surface area contributed by atoms with Crippen LogP contribution in [0.1, 0.15) is 48.1 Å². The smallest absolute Gasteiger partial charge is 0.232 e. The molecule has 2 aromatic carbocycles. The van der Waals surface area contributed by atoms with Gasteiger partial charge in [0.1, 0.15) is 0 Å². The molecule has 0 radical (unpaired) electrons. The van der Waals surface area contributed by atoms with Gasteiger partial charge in [0.05, 0.1) is 5.92 Å². The molecule has 2 saturated heterocycles. The highest BCUT2D eigenvalue weighted by Crippen LogP contribution is 2.50. The Balaban J connectivity index is 1.54. The first-order chi connectivity index (χ1) is 13.2. The van der Waals surface area contributed by atoms with Crippen molar-refractivity contribution in [1.82, 2.24) is 15.0 Å². The lowest BCUT2D eigenvalue weighted by molar-refractivity contribution is 0.120. The van der Waals surface area contributed by atoms with Crippen LogP contribution >= 0.6 is 0 Å². The third kappa shape index (κ3) is 2.88. The number of rotatable bonds is 3. The van der Waals surface area contributed by atoms with Crippen molar-refractivity contribution in [1.29, 1.82) is 0 Å². The van der Waals surface area contributed by atoms with Crippen molar-refractivity contribution in [2.75, 3.05) is 7.05 Å². The van der Waals surface area contributed by atoms with Crippen LogP contribution in [0.15, 0.2) is 59.1 Å². The van der Waals surface area contributed by atoms with Gasteiger partial charge in [0.15, 0.2) is 0 Å². The minimum absolute atomic E-state index is 0.251. The molecule has 2 fully saturated rings. The molecule has 138 valence electrons. The average molecular weight is 359 g/mol. The molecule has 0 N–H and O–H groups in total. The molecule has 4 heteroatoms. The summed E-state index contributed by atoms with van der Waals surface area (Å²) >= 11 is 0. The monoisotopic (exact) mass is 359 g/mol. The second-order valence-electron chi connectivity index (χ2n) is 8.06. The molecular weight excluding hydrogens is 334 g/mol. The van der Waals surface area contributed by atoms with Gasteiger partial charge in [-0.05, 0) is 44.7 Å². The van der Waals surface area contributed by atoms with Gasteiger partial charge in [-0.25, -0.2) is 0 Å². The van der Waals surface area contributed by atoms with Gasteiger partial charge in [0, 0.05) is 17.6 Å². The molecule has 4 nitrogen and oxygen atoms in total. The molecule has 5 rings (SSSR count). The summed E-state index contributed by atoms with van der Waals surface area (Å²) in [6.45, 7) is 2.14. The zero-order chi connectivity index (χ0) is 18.4. The molecule has 0 saturated carbocycles. The highest BCUT2D eigenvalue weighted by Gasteiger charge is 2.48. The molecule has 0 spiro atoms. The number of hydrogen-bond donors (Lipinski definition) is 0. The standard InChI is InChI=1S/C23H25N3O/c1-15-8-10-16(11-9-15)19-14-18-12-13-20(26(18)2)21(19)23-24-22(25-27-23)17-6-4-3-5-7-17/h3-11,18-21H,12-14H2,1-2H3/t18-,19+,20-,21-/m1/s1. The summed E-state index contributed by atoms with van der Waals surface area (Å²) in [6, 6.07) is 20.2. The molecule has 3 heterocycles. The fourth-order valence-electron chi connectivity index (χ4n) is 5.03. The van der Waals surface area contributed by atoms with Gasteiger partial charge in [-0.15, -0.1) is 0 Å². The number of aromatic nitrogens is 2. The summed E-state index contributed by atoms with van der Waals surface area (Å²) in [6.07, 6.45) is 3.63. The number of fused-ring (bicyclic) bond motifs is 2. The lowest BCUT2D eigenvalue weighted by Crippen LogP contribution is -2.44. The van der Waals surface area contributed by atoms with E-state index in [0.29, 0.717) is 23.8 Å². The second kappa shape index (κ2) is 6.61. The minimum atomic E-state index is 0.251. The second-order valence-corrected chi connectivity index (χ2v) is 8.06. The maximum atomic E-state index is 5.85. The Morgan fingerprint density at radius 1 is 1.00 bits per heavy atom. The van der Waals surface area contributed by atoms with Crippen LogP contribution in [0.2, 0.25) is 0 Å². The van der Waals surface area contributed by atoms with Gasteiger partial charge in [-0.2, -0.15) is 4.98 Å². The number of benzene rings is 2. The third-order valence-electron chi connectivity index (χ3n) is 6.53. The van der Waals surface area contributed by atoms with Crippen LogP contribution in [-0.4, -0.2) is 34.2 Å². The first-order valence-corrected chi connectivity index (χ1v) is 9.88. The van der Waals surface area contributed by atoms with Crippen molar-refractivity contribution in [2.24, 2.45) is 0 Å². The first-order valence-electron chi connectivity index (χ1n) is 9.88. The van der Waals surface area contributed by atoms with Gasteiger partial charge in [0.2, 0.25) is 11.7 Å². The van der Waals surface area contributed by atoms with Crippen molar-refractivity contribution in [3.8, 4) is 11.4 Å². The summed E-state index contributed by atoms with van der Waals surface area (Å²) in [5, 5.41) is 4.31. The Morgan fingerprint density at radius 2 is 1.78 bits per heavy atom. The Labute approximate surface area is 160 Å². The van der Waals surface area contributed by atoms with Crippen molar-refractivity contribution in [3.05, 3.63) is 71.6 Å². The zero-order valence-corrected chi connectivity index (χ0v) is 15.9. The molecule has 0 unspecified atom stereocenters. The van der Waals surface area contributed by atoms with Gasteiger partial charge >= 0.3 is 0 Å².